The number of carboxylic acid groups (broad SMARTS) is 1. The molecular weight excluding hydrogens is 236 g/mol. The summed E-state index contributed by atoms with van der Waals surface area (Å²) in [6.07, 6.45) is 1.54. The lowest BCUT2D eigenvalue weighted by molar-refractivity contribution is -0.384. The third kappa shape index (κ3) is 2.65. The van der Waals surface area contributed by atoms with E-state index in [1.807, 2.05) is 0 Å². The van der Waals surface area contributed by atoms with Crippen molar-refractivity contribution >= 4 is 11.7 Å². The average molecular weight is 250 g/mol. The van der Waals surface area contributed by atoms with Crippen molar-refractivity contribution in [1.29, 1.82) is 0 Å². The van der Waals surface area contributed by atoms with Crippen molar-refractivity contribution in [3.8, 4) is 0 Å². The van der Waals surface area contributed by atoms with Crippen LogP contribution in [0, 0.1) is 16.0 Å². The molecule has 0 aromatic heterocycles. The molecule has 1 aromatic carbocycles. The highest BCUT2D eigenvalue weighted by Crippen LogP contribution is 2.27. The van der Waals surface area contributed by atoms with Crippen LogP contribution in [0.25, 0.3) is 0 Å². The van der Waals surface area contributed by atoms with Gasteiger partial charge in [0.05, 0.1) is 10.8 Å². The Labute approximate surface area is 104 Å². The van der Waals surface area contributed by atoms with Crippen molar-refractivity contribution < 1.29 is 14.8 Å². The molecule has 0 saturated heterocycles. The van der Waals surface area contributed by atoms with Gasteiger partial charge in [0.15, 0.2) is 0 Å². The Balaban J connectivity index is 1.92. The maximum atomic E-state index is 10.8. The first-order chi connectivity index (χ1) is 8.58. The molecule has 2 rings (SSSR count). The molecule has 0 radical (unpaired) electrons. The van der Waals surface area contributed by atoms with Crippen LogP contribution in [0.4, 0.5) is 5.69 Å². The number of aliphatic carboxylic acids is 1. The van der Waals surface area contributed by atoms with Crippen LogP contribution in [0.15, 0.2) is 24.3 Å². The Kier molecular flexibility index (Phi) is 3.57. The number of carboxylic acids is 1. The topological polar surface area (TPSA) is 92.5 Å². The summed E-state index contributed by atoms with van der Waals surface area (Å²) in [7, 11) is 0. The summed E-state index contributed by atoms with van der Waals surface area (Å²) < 4.78 is 0. The standard InChI is InChI=1S/C12H14N2O4/c15-12(16)10-4-5-11(10)13-7-8-2-1-3-9(6-8)14(17)18/h1-3,6,10-11,13H,4-5,7H2,(H,15,16). The Hall–Kier alpha value is -1.95. The lowest BCUT2D eigenvalue weighted by Crippen LogP contribution is -2.47. The number of hydrogen-bond donors (Lipinski definition) is 2. The van der Waals surface area contributed by atoms with Crippen molar-refractivity contribution in [2.24, 2.45) is 5.92 Å². The highest BCUT2D eigenvalue weighted by atomic mass is 16.6. The van der Waals surface area contributed by atoms with Crippen molar-refractivity contribution in [2.75, 3.05) is 0 Å². The number of nitrogens with zero attached hydrogens (tertiary/aromatic N) is 1. The number of hydrogen-bond acceptors (Lipinski definition) is 4. The molecule has 0 spiro atoms. The molecular formula is C12H14N2O4. The minimum Gasteiger partial charge on any atom is -0.481 e. The largest absolute Gasteiger partial charge is 0.481 e. The van der Waals surface area contributed by atoms with Gasteiger partial charge < -0.3 is 10.4 Å². The lowest BCUT2D eigenvalue weighted by Gasteiger charge is -2.34. The highest BCUT2D eigenvalue weighted by molar-refractivity contribution is 5.72. The maximum Gasteiger partial charge on any atom is 0.308 e. The second-order valence-electron chi connectivity index (χ2n) is 4.44. The molecule has 18 heavy (non-hydrogen) atoms. The fraction of sp³-hybridized carbons (Fsp3) is 0.417. The summed E-state index contributed by atoms with van der Waals surface area (Å²) in [5.41, 5.74) is 0.845. The zero-order chi connectivity index (χ0) is 13.1. The maximum absolute atomic E-state index is 10.8. The van der Waals surface area contributed by atoms with Gasteiger partial charge in [0.25, 0.3) is 5.69 Å². The van der Waals surface area contributed by atoms with Gasteiger partial charge in [0.1, 0.15) is 0 Å². The summed E-state index contributed by atoms with van der Waals surface area (Å²) >= 11 is 0. The zero-order valence-electron chi connectivity index (χ0n) is 9.70. The summed E-state index contributed by atoms with van der Waals surface area (Å²) in [5.74, 6) is -1.11. The molecule has 1 aliphatic rings. The minimum absolute atomic E-state index is 0.0261. The molecule has 0 amide bonds. The van der Waals surface area contributed by atoms with Gasteiger partial charge in [-0.3, -0.25) is 14.9 Å². The van der Waals surface area contributed by atoms with Gasteiger partial charge >= 0.3 is 5.97 Å². The van der Waals surface area contributed by atoms with Crippen LogP contribution < -0.4 is 5.32 Å². The molecule has 0 bridgehead atoms. The summed E-state index contributed by atoms with van der Waals surface area (Å²) in [4.78, 5) is 21.0. The predicted octanol–water partition coefficient (Wildman–Crippen LogP) is 1.55. The first-order valence-electron chi connectivity index (χ1n) is 5.77. The fourth-order valence-corrected chi connectivity index (χ4v) is 2.07. The van der Waals surface area contributed by atoms with Gasteiger partial charge in [-0.25, -0.2) is 0 Å². The van der Waals surface area contributed by atoms with E-state index in [9.17, 15) is 14.9 Å². The monoisotopic (exact) mass is 250 g/mol. The van der Waals surface area contributed by atoms with Crippen LogP contribution >= 0.6 is 0 Å². The fourth-order valence-electron chi connectivity index (χ4n) is 2.07. The highest BCUT2D eigenvalue weighted by Gasteiger charge is 2.35. The van der Waals surface area contributed by atoms with E-state index in [1.54, 1.807) is 12.1 Å². The van der Waals surface area contributed by atoms with E-state index in [-0.39, 0.29) is 17.6 Å². The molecule has 0 heterocycles. The quantitative estimate of drug-likeness (QED) is 0.611. The zero-order valence-corrected chi connectivity index (χ0v) is 9.70. The Morgan fingerprint density at radius 2 is 2.28 bits per heavy atom. The number of non-ortho nitro benzene ring substituents is 1. The van der Waals surface area contributed by atoms with Crippen molar-refractivity contribution in [1.82, 2.24) is 5.32 Å². The van der Waals surface area contributed by atoms with Gasteiger partial charge in [-0.15, -0.1) is 0 Å². The van der Waals surface area contributed by atoms with Crippen molar-refractivity contribution in [3.05, 3.63) is 39.9 Å². The summed E-state index contributed by atoms with van der Waals surface area (Å²) in [6.45, 7) is 0.454. The first kappa shape index (κ1) is 12.5. The molecule has 1 aliphatic carbocycles. The molecule has 1 fully saturated rings. The number of nitrogens with one attached hydrogen (secondary N) is 1. The molecule has 2 N–H and O–H groups in total. The summed E-state index contributed by atoms with van der Waals surface area (Å²) in [6, 6.07) is 6.33. The smallest absolute Gasteiger partial charge is 0.308 e. The van der Waals surface area contributed by atoms with E-state index in [2.05, 4.69) is 5.32 Å². The lowest BCUT2D eigenvalue weighted by atomic mass is 9.79. The molecule has 6 nitrogen and oxygen atoms in total. The Morgan fingerprint density at radius 3 is 2.83 bits per heavy atom. The van der Waals surface area contributed by atoms with E-state index < -0.39 is 10.9 Å². The van der Waals surface area contributed by atoms with E-state index >= 15 is 0 Å². The van der Waals surface area contributed by atoms with Crippen LogP contribution in [0.2, 0.25) is 0 Å². The predicted molar refractivity (Wildman–Crippen MR) is 64.1 cm³/mol. The molecule has 2 unspecified atom stereocenters. The Morgan fingerprint density at radius 1 is 1.50 bits per heavy atom. The number of nitro groups is 1. The second kappa shape index (κ2) is 5.14. The van der Waals surface area contributed by atoms with Crippen LogP contribution in [0.3, 0.4) is 0 Å². The number of rotatable bonds is 5. The van der Waals surface area contributed by atoms with Gasteiger partial charge in [0.2, 0.25) is 0 Å². The second-order valence-corrected chi connectivity index (χ2v) is 4.44. The van der Waals surface area contributed by atoms with Gasteiger partial charge in [-0.05, 0) is 18.4 Å². The van der Waals surface area contributed by atoms with Crippen molar-refractivity contribution in [3.63, 3.8) is 0 Å². The average Bonchev–Trinajstić information content (AvgIpc) is 2.27. The van der Waals surface area contributed by atoms with E-state index in [0.717, 1.165) is 12.0 Å². The number of carbonyl (C=O) groups is 1. The van der Waals surface area contributed by atoms with Crippen LogP contribution in [-0.4, -0.2) is 22.0 Å². The summed E-state index contributed by atoms with van der Waals surface area (Å²) in [5, 5.41) is 22.6. The van der Waals surface area contributed by atoms with E-state index in [1.165, 1.54) is 12.1 Å². The van der Waals surface area contributed by atoms with Gasteiger partial charge in [-0.2, -0.15) is 0 Å². The normalized spacial score (nSPS) is 22.2. The molecule has 1 saturated carbocycles. The number of benzene rings is 1. The van der Waals surface area contributed by atoms with E-state index in [0.29, 0.717) is 13.0 Å². The Bertz CT molecular complexity index is 475. The van der Waals surface area contributed by atoms with Crippen molar-refractivity contribution in [2.45, 2.75) is 25.4 Å². The third-order valence-corrected chi connectivity index (χ3v) is 3.28. The van der Waals surface area contributed by atoms with Crippen LogP contribution in [-0.2, 0) is 11.3 Å². The van der Waals surface area contributed by atoms with E-state index in [4.69, 9.17) is 5.11 Å². The molecule has 0 aliphatic heterocycles. The first-order valence-corrected chi connectivity index (χ1v) is 5.77. The SMILES string of the molecule is O=C(O)C1CCC1NCc1cccc([N+](=O)[O-])c1. The minimum atomic E-state index is -0.780. The molecule has 2 atom stereocenters. The van der Waals surface area contributed by atoms with Gasteiger partial charge in [-0.1, -0.05) is 12.1 Å². The molecule has 6 heteroatoms. The van der Waals surface area contributed by atoms with Gasteiger partial charge in [0, 0.05) is 24.7 Å². The molecule has 96 valence electrons. The molecule has 1 aromatic rings. The van der Waals surface area contributed by atoms with Crippen LogP contribution in [0.1, 0.15) is 18.4 Å². The van der Waals surface area contributed by atoms with Crippen LogP contribution in [0.5, 0.6) is 0 Å². The third-order valence-electron chi connectivity index (χ3n) is 3.28. The number of nitro benzene ring substituents is 1.